The number of fused-ring (bicyclic) bond motifs is 1. The molecule has 2 unspecified atom stereocenters. The van der Waals surface area contributed by atoms with E-state index in [9.17, 15) is 9.59 Å². The summed E-state index contributed by atoms with van der Waals surface area (Å²) in [4.78, 5) is 21.5. The summed E-state index contributed by atoms with van der Waals surface area (Å²) in [5.41, 5.74) is 7.88. The number of hydrogen-bond acceptors (Lipinski definition) is 2. The van der Waals surface area contributed by atoms with Crippen LogP contribution >= 0.6 is 0 Å². The summed E-state index contributed by atoms with van der Waals surface area (Å²) in [7, 11) is 0. The van der Waals surface area contributed by atoms with Crippen LogP contribution in [-0.2, 0) is 22.4 Å². The van der Waals surface area contributed by atoms with Crippen molar-refractivity contribution < 1.29 is 9.59 Å². The molecule has 3 aliphatic rings. The van der Waals surface area contributed by atoms with Crippen molar-refractivity contribution in [3.63, 3.8) is 0 Å². The molecule has 0 fully saturated rings. The van der Waals surface area contributed by atoms with Crippen LogP contribution in [0.4, 0.5) is 0 Å². The number of benzene rings is 2. The van der Waals surface area contributed by atoms with E-state index in [0.29, 0.717) is 24.7 Å². The smallest absolute Gasteiger partial charge is 0.124 e. The number of carbonyl (C=O) groups excluding carboxylic acids is 2. The van der Waals surface area contributed by atoms with Crippen LogP contribution in [0.2, 0.25) is 0 Å². The Morgan fingerprint density at radius 2 is 1.18 bits per heavy atom. The van der Waals surface area contributed by atoms with Crippen LogP contribution in [0.5, 0.6) is 0 Å². The summed E-state index contributed by atoms with van der Waals surface area (Å²) in [6.07, 6.45) is 5.31. The highest BCUT2D eigenvalue weighted by Crippen LogP contribution is 2.52. The van der Waals surface area contributed by atoms with Crippen LogP contribution in [0.3, 0.4) is 0 Å². The summed E-state index contributed by atoms with van der Waals surface area (Å²) in [5, 5.41) is 0. The zero-order chi connectivity index (χ0) is 15.1. The molecule has 0 radical (unpaired) electrons. The maximum absolute atomic E-state index is 10.8. The van der Waals surface area contributed by atoms with E-state index in [1.165, 1.54) is 35.1 Å². The third kappa shape index (κ3) is 1.94. The first-order chi connectivity index (χ1) is 10.8. The monoisotopic (exact) mass is 290 g/mol. The third-order valence-electron chi connectivity index (χ3n) is 5.19. The molecule has 0 aromatic heterocycles. The molecule has 2 aromatic rings. The van der Waals surface area contributed by atoms with Gasteiger partial charge >= 0.3 is 0 Å². The standard InChI is InChI=1S/C20H18O2/c21-9-7-13-1-3-15-17-5-6-18(19(15)11-13)16-4-2-14(8-10-22)12-20(16)17/h1-4,9-12,17-18H,5-8H2. The third-order valence-corrected chi connectivity index (χ3v) is 5.19. The first kappa shape index (κ1) is 13.4. The van der Waals surface area contributed by atoms with Crippen LogP contribution in [0.15, 0.2) is 36.4 Å². The zero-order valence-electron chi connectivity index (χ0n) is 12.4. The molecule has 0 heterocycles. The maximum atomic E-state index is 10.8. The molecule has 3 aliphatic carbocycles. The highest BCUT2D eigenvalue weighted by molar-refractivity contribution is 5.61. The molecule has 0 saturated carbocycles. The summed E-state index contributed by atoms with van der Waals surface area (Å²) >= 11 is 0. The Morgan fingerprint density at radius 3 is 1.59 bits per heavy atom. The number of hydrogen-bond donors (Lipinski definition) is 0. The molecule has 110 valence electrons. The van der Waals surface area contributed by atoms with E-state index < -0.39 is 0 Å². The molecule has 0 spiro atoms. The van der Waals surface area contributed by atoms with E-state index in [4.69, 9.17) is 0 Å². The van der Waals surface area contributed by atoms with Gasteiger partial charge in [0, 0.05) is 24.7 Å². The Morgan fingerprint density at radius 1 is 0.727 bits per heavy atom. The van der Waals surface area contributed by atoms with Gasteiger partial charge in [0.2, 0.25) is 0 Å². The van der Waals surface area contributed by atoms with Gasteiger partial charge in [-0.3, -0.25) is 0 Å². The predicted molar refractivity (Wildman–Crippen MR) is 85.3 cm³/mol. The minimum atomic E-state index is 0.451. The molecule has 0 saturated heterocycles. The van der Waals surface area contributed by atoms with E-state index in [1.807, 2.05) is 0 Å². The van der Waals surface area contributed by atoms with Gasteiger partial charge in [0.15, 0.2) is 0 Å². The van der Waals surface area contributed by atoms with Crippen molar-refractivity contribution in [2.75, 3.05) is 0 Å². The molecule has 2 bridgehead atoms. The Bertz CT molecular complexity index is 695. The normalized spacial score (nSPS) is 21.1. The average molecular weight is 290 g/mol. The molecular formula is C20H18O2. The topological polar surface area (TPSA) is 34.1 Å². The SMILES string of the molecule is O=CCc1ccc2c(c1)C1CCC2c2cc(CC=O)ccc21. The lowest BCUT2D eigenvalue weighted by Crippen LogP contribution is -2.25. The lowest BCUT2D eigenvalue weighted by molar-refractivity contribution is -0.108. The minimum absolute atomic E-state index is 0.451. The second-order valence-electron chi connectivity index (χ2n) is 6.35. The molecule has 2 aromatic carbocycles. The molecule has 0 amide bonds. The van der Waals surface area contributed by atoms with Crippen LogP contribution in [0.25, 0.3) is 0 Å². The van der Waals surface area contributed by atoms with Crippen molar-refractivity contribution >= 4 is 12.6 Å². The van der Waals surface area contributed by atoms with Gasteiger partial charge in [-0.2, -0.15) is 0 Å². The van der Waals surface area contributed by atoms with Crippen LogP contribution in [-0.4, -0.2) is 12.6 Å². The van der Waals surface area contributed by atoms with E-state index in [-0.39, 0.29) is 0 Å². The van der Waals surface area contributed by atoms with Gasteiger partial charge in [-0.1, -0.05) is 36.4 Å². The van der Waals surface area contributed by atoms with Gasteiger partial charge in [0.1, 0.15) is 12.6 Å². The molecule has 0 N–H and O–H groups in total. The average Bonchev–Trinajstić information content (AvgIpc) is 2.55. The Labute approximate surface area is 130 Å². The van der Waals surface area contributed by atoms with Crippen molar-refractivity contribution in [3.05, 3.63) is 69.8 Å². The number of aldehydes is 2. The van der Waals surface area contributed by atoms with E-state index in [2.05, 4.69) is 36.4 Å². The van der Waals surface area contributed by atoms with Crippen molar-refractivity contribution in [2.24, 2.45) is 0 Å². The van der Waals surface area contributed by atoms with Gasteiger partial charge < -0.3 is 9.59 Å². The highest BCUT2D eigenvalue weighted by Gasteiger charge is 2.37. The predicted octanol–water partition coefficient (Wildman–Crippen LogP) is 3.54. The molecule has 5 rings (SSSR count). The first-order valence-electron chi connectivity index (χ1n) is 7.94. The maximum Gasteiger partial charge on any atom is 0.124 e. The Kier molecular flexibility index (Phi) is 3.18. The van der Waals surface area contributed by atoms with Crippen LogP contribution in [0.1, 0.15) is 58.1 Å². The Balaban J connectivity index is 1.82. The van der Waals surface area contributed by atoms with Crippen LogP contribution in [0, 0.1) is 0 Å². The summed E-state index contributed by atoms with van der Waals surface area (Å²) in [5.74, 6) is 0.902. The van der Waals surface area contributed by atoms with Gasteiger partial charge in [-0.15, -0.1) is 0 Å². The van der Waals surface area contributed by atoms with Gasteiger partial charge in [-0.25, -0.2) is 0 Å². The van der Waals surface area contributed by atoms with Gasteiger partial charge in [0.25, 0.3) is 0 Å². The first-order valence-corrected chi connectivity index (χ1v) is 7.94. The van der Waals surface area contributed by atoms with E-state index >= 15 is 0 Å². The van der Waals surface area contributed by atoms with Gasteiger partial charge in [0.05, 0.1) is 0 Å². The number of rotatable bonds is 4. The van der Waals surface area contributed by atoms with Crippen molar-refractivity contribution in [2.45, 2.75) is 37.5 Å². The van der Waals surface area contributed by atoms with Crippen molar-refractivity contribution in [1.29, 1.82) is 0 Å². The fourth-order valence-corrected chi connectivity index (χ4v) is 4.22. The van der Waals surface area contributed by atoms with E-state index in [0.717, 1.165) is 23.7 Å². The molecular weight excluding hydrogens is 272 g/mol. The van der Waals surface area contributed by atoms with Crippen molar-refractivity contribution in [1.82, 2.24) is 0 Å². The highest BCUT2D eigenvalue weighted by atomic mass is 16.1. The van der Waals surface area contributed by atoms with Gasteiger partial charge in [-0.05, 0) is 46.2 Å². The second kappa shape index (κ2) is 5.20. The summed E-state index contributed by atoms with van der Waals surface area (Å²) in [6.45, 7) is 0. The lowest BCUT2D eigenvalue weighted by atomic mass is 9.63. The Hall–Kier alpha value is -2.22. The fraction of sp³-hybridized carbons (Fsp3) is 0.300. The molecule has 2 nitrogen and oxygen atoms in total. The fourth-order valence-electron chi connectivity index (χ4n) is 4.22. The molecule has 2 heteroatoms. The van der Waals surface area contributed by atoms with E-state index in [1.54, 1.807) is 0 Å². The summed E-state index contributed by atoms with van der Waals surface area (Å²) < 4.78 is 0. The minimum Gasteiger partial charge on any atom is -0.303 e. The largest absolute Gasteiger partial charge is 0.303 e. The molecule has 2 atom stereocenters. The molecule has 22 heavy (non-hydrogen) atoms. The zero-order valence-corrected chi connectivity index (χ0v) is 12.4. The number of carbonyl (C=O) groups is 2. The molecule has 0 aliphatic heterocycles. The van der Waals surface area contributed by atoms with Crippen molar-refractivity contribution in [3.8, 4) is 0 Å². The summed E-state index contributed by atoms with van der Waals surface area (Å²) in [6, 6.07) is 13.0. The lowest BCUT2D eigenvalue weighted by Gasteiger charge is -2.40. The quantitative estimate of drug-likeness (QED) is 0.807. The second-order valence-corrected chi connectivity index (χ2v) is 6.35. The van der Waals surface area contributed by atoms with Crippen LogP contribution < -0.4 is 0 Å².